The number of hydrogen-bond acceptors (Lipinski definition) is 4. The Bertz CT molecular complexity index is 487. The Labute approximate surface area is 92.1 Å². The van der Waals surface area contributed by atoms with Gasteiger partial charge in [0.25, 0.3) is 5.95 Å². The van der Waals surface area contributed by atoms with Gasteiger partial charge in [-0.25, -0.2) is 0 Å². The van der Waals surface area contributed by atoms with Crippen LogP contribution in [0.4, 0.5) is 0 Å². The first-order valence-corrected chi connectivity index (χ1v) is 4.75. The Kier molecular flexibility index (Phi) is 3.03. The summed E-state index contributed by atoms with van der Waals surface area (Å²) in [6, 6.07) is 10.1. The molecule has 0 unspecified atom stereocenters. The molecule has 2 aromatic rings. The van der Waals surface area contributed by atoms with Gasteiger partial charge >= 0.3 is 0 Å². The van der Waals surface area contributed by atoms with Gasteiger partial charge in [0, 0.05) is 11.6 Å². The highest BCUT2D eigenvalue weighted by Gasteiger charge is 2.06. The molecule has 0 atom stereocenters. The smallest absolute Gasteiger partial charge is 0.290 e. The Morgan fingerprint density at radius 2 is 2.06 bits per heavy atom. The monoisotopic (exact) mass is 218 g/mol. The van der Waals surface area contributed by atoms with Crippen molar-refractivity contribution in [3.63, 3.8) is 0 Å². The lowest BCUT2D eigenvalue weighted by Gasteiger charge is -2.05. The first-order valence-electron chi connectivity index (χ1n) is 4.75. The van der Waals surface area contributed by atoms with E-state index in [0.717, 1.165) is 0 Å². The Hall–Kier alpha value is -2.07. The zero-order chi connectivity index (χ0) is 11.4. The number of para-hydroxylation sites is 1. The van der Waals surface area contributed by atoms with Crippen molar-refractivity contribution in [1.29, 1.82) is 0 Å². The number of hydrogen-bond donors (Lipinski definition) is 1. The minimum Gasteiger partial charge on any atom is -0.426 e. The first kappa shape index (κ1) is 10.4. The molecule has 0 aliphatic rings. The lowest BCUT2D eigenvalue weighted by molar-refractivity contribution is 0.109. The van der Waals surface area contributed by atoms with Crippen molar-refractivity contribution >= 4 is 6.29 Å². The maximum atomic E-state index is 10.4. The lowest BCUT2D eigenvalue weighted by atomic mass is 10.2. The summed E-state index contributed by atoms with van der Waals surface area (Å²) >= 11 is 0. The molecule has 0 spiro atoms. The van der Waals surface area contributed by atoms with Crippen molar-refractivity contribution in [3.8, 4) is 11.7 Å². The molecule has 2 rings (SSSR count). The zero-order valence-electron chi connectivity index (χ0n) is 8.42. The van der Waals surface area contributed by atoms with Crippen molar-refractivity contribution in [1.82, 2.24) is 0 Å². The predicted octanol–water partition coefficient (Wildman–Crippen LogP) is 2.38. The van der Waals surface area contributed by atoms with E-state index in [0.29, 0.717) is 17.6 Å². The van der Waals surface area contributed by atoms with Gasteiger partial charge < -0.3 is 14.3 Å². The van der Waals surface area contributed by atoms with E-state index in [-0.39, 0.29) is 18.3 Å². The number of furan rings is 1. The van der Waals surface area contributed by atoms with Crippen LogP contribution in [0, 0.1) is 0 Å². The van der Waals surface area contributed by atoms with Gasteiger partial charge in [-0.1, -0.05) is 18.2 Å². The van der Waals surface area contributed by atoms with Crippen molar-refractivity contribution in [2.45, 2.75) is 6.61 Å². The standard InChI is InChI=1S/C12H10O4/c13-7-9-3-1-2-4-11(9)16-12-6-5-10(8-14)15-12/h1-6,8,13H,7H2. The van der Waals surface area contributed by atoms with Crippen LogP contribution in [0.3, 0.4) is 0 Å². The normalized spacial score (nSPS) is 10.1. The van der Waals surface area contributed by atoms with Crippen molar-refractivity contribution in [2.75, 3.05) is 0 Å². The van der Waals surface area contributed by atoms with Gasteiger partial charge in [0.1, 0.15) is 5.75 Å². The van der Waals surface area contributed by atoms with Crippen molar-refractivity contribution in [2.24, 2.45) is 0 Å². The number of aldehydes is 1. The van der Waals surface area contributed by atoms with E-state index >= 15 is 0 Å². The van der Waals surface area contributed by atoms with E-state index in [9.17, 15) is 4.79 Å². The van der Waals surface area contributed by atoms with E-state index < -0.39 is 0 Å². The predicted molar refractivity (Wildman–Crippen MR) is 56.5 cm³/mol. The second kappa shape index (κ2) is 4.63. The third-order valence-corrected chi connectivity index (χ3v) is 2.07. The molecule has 0 bridgehead atoms. The fourth-order valence-corrected chi connectivity index (χ4v) is 1.29. The molecule has 1 heterocycles. The Morgan fingerprint density at radius 3 is 2.75 bits per heavy atom. The molecule has 0 saturated carbocycles. The zero-order valence-corrected chi connectivity index (χ0v) is 8.42. The molecule has 16 heavy (non-hydrogen) atoms. The van der Waals surface area contributed by atoms with Crippen LogP contribution in [-0.4, -0.2) is 11.4 Å². The van der Waals surface area contributed by atoms with Gasteiger partial charge in [0.2, 0.25) is 0 Å². The minimum atomic E-state index is -0.114. The Morgan fingerprint density at radius 1 is 1.25 bits per heavy atom. The number of rotatable bonds is 4. The van der Waals surface area contributed by atoms with Gasteiger partial charge in [-0.15, -0.1) is 0 Å². The van der Waals surface area contributed by atoms with Crippen molar-refractivity contribution < 1.29 is 19.1 Å². The molecule has 0 aliphatic carbocycles. The molecule has 82 valence electrons. The SMILES string of the molecule is O=Cc1ccc(Oc2ccccc2CO)o1. The van der Waals surface area contributed by atoms with E-state index in [1.807, 2.05) is 0 Å². The second-order valence-electron chi connectivity index (χ2n) is 3.14. The van der Waals surface area contributed by atoms with Gasteiger partial charge in [-0.2, -0.15) is 0 Å². The van der Waals surface area contributed by atoms with Gasteiger partial charge in [0.15, 0.2) is 12.0 Å². The highest BCUT2D eigenvalue weighted by molar-refractivity contribution is 5.70. The average Bonchev–Trinajstić information content (AvgIpc) is 2.77. The van der Waals surface area contributed by atoms with Gasteiger partial charge in [-0.05, 0) is 12.1 Å². The summed E-state index contributed by atoms with van der Waals surface area (Å²) in [7, 11) is 0. The average molecular weight is 218 g/mol. The lowest BCUT2D eigenvalue weighted by Crippen LogP contribution is -1.89. The molecule has 0 amide bonds. The molecule has 0 aliphatic heterocycles. The third kappa shape index (κ3) is 2.12. The summed E-state index contributed by atoms with van der Waals surface area (Å²) in [5.74, 6) is 0.941. The number of aliphatic hydroxyl groups is 1. The van der Waals surface area contributed by atoms with E-state index in [2.05, 4.69) is 0 Å². The summed E-state index contributed by atoms with van der Waals surface area (Å²) in [4.78, 5) is 10.4. The van der Waals surface area contributed by atoms with Crippen LogP contribution >= 0.6 is 0 Å². The number of aliphatic hydroxyl groups excluding tert-OH is 1. The summed E-state index contributed by atoms with van der Waals surface area (Å²) in [6.07, 6.45) is 0.602. The molecule has 0 saturated heterocycles. The molecular weight excluding hydrogens is 208 g/mol. The molecule has 1 aromatic heterocycles. The van der Waals surface area contributed by atoms with Crippen LogP contribution in [0.25, 0.3) is 0 Å². The fourth-order valence-electron chi connectivity index (χ4n) is 1.29. The van der Waals surface area contributed by atoms with E-state index in [4.69, 9.17) is 14.3 Å². The van der Waals surface area contributed by atoms with E-state index in [1.165, 1.54) is 6.07 Å². The maximum Gasteiger partial charge on any atom is 0.290 e. The minimum absolute atomic E-state index is 0.114. The third-order valence-electron chi connectivity index (χ3n) is 2.07. The van der Waals surface area contributed by atoms with Gasteiger partial charge in [0.05, 0.1) is 6.61 Å². The van der Waals surface area contributed by atoms with Crippen molar-refractivity contribution in [3.05, 3.63) is 47.7 Å². The molecule has 0 radical (unpaired) electrons. The first-order chi connectivity index (χ1) is 7.83. The summed E-state index contributed by atoms with van der Waals surface area (Å²) in [5, 5.41) is 9.08. The molecule has 4 nitrogen and oxygen atoms in total. The quantitative estimate of drug-likeness (QED) is 0.800. The maximum absolute atomic E-state index is 10.4. The molecule has 1 aromatic carbocycles. The molecular formula is C12H10O4. The number of benzene rings is 1. The number of ether oxygens (including phenoxy) is 1. The fraction of sp³-hybridized carbons (Fsp3) is 0.0833. The summed E-state index contributed by atoms with van der Waals surface area (Å²) in [5.41, 5.74) is 0.659. The van der Waals surface area contributed by atoms with Crippen LogP contribution in [0.15, 0.2) is 40.8 Å². The summed E-state index contributed by atoms with van der Waals surface area (Å²) in [6.45, 7) is -0.114. The van der Waals surface area contributed by atoms with Gasteiger partial charge in [-0.3, -0.25) is 4.79 Å². The van der Waals surface area contributed by atoms with Crippen LogP contribution in [0.5, 0.6) is 11.7 Å². The summed E-state index contributed by atoms with van der Waals surface area (Å²) < 4.78 is 10.5. The van der Waals surface area contributed by atoms with Crippen LogP contribution in [-0.2, 0) is 6.61 Å². The highest BCUT2D eigenvalue weighted by atomic mass is 16.6. The molecule has 4 heteroatoms. The van der Waals surface area contributed by atoms with Crippen LogP contribution < -0.4 is 4.74 Å². The largest absolute Gasteiger partial charge is 0.426 e. The van der Waals surface area contributed by atoms with Crippen LogP contribution in [0.1, 0.15) is 16.1 Å². The Balaban J connectivity index is 2.22. The molecule has 0 fully saturated rings. The highest BCUT2D eigenvalue weighted by Crippen LogP contribution is 2.26. The van der Waals surface area contributed by atoms with E-state index in [1.54, 1.807) is 30.3 Å². The topological polar surface area (TPSA) is 59.7 Å². The molecule has 1 N–H and O–H groups in total. The number of carbonyl (C=O) groups is 1. The number of carbonyl (C=O) groups excluding carboxylic acids is 1. The second-order valence-corrected chi connectivity index (χ2v) is 3.14. The van der Waals surface area contributed by atoms with Crippen LogP contribution in [0.2, 0.25) is 0 Å².